The zero-order chi connectivity index (χ0) is 18.4. The van der Waals surface area contributed by atoms with Crippen LogP contribution in [0.1, 0.15) is 37.0 Å². The molecule has 1 aromatic carbocycles. The van der Waals surface area contributed by atoms with Gasteiger partial charge in [0.05, 0.1) is 12.7 Å². The second kappa shape index (κ2) is 8.50. The highest BCUT2D eigenvalue weighted by Gasteiger charge is 2.27. The molecule has 1 aromatic rings. The summed E-state index contributed by atoms with van der Waals surface area (Å²) < 4.78 is 4.68. The number of rotatable bonds is 4. The highest BCUT2D eigenvalue weighted by molar-refractivity contribution is 5.95. The number of amides is 3. The Labute approximate surface area is 147 Å². The molecule has 7 nitrogen and oxygen atoms in total. The van der Waals surface area contributed by atoms with Gasteiger partial charge in [0.1, 0.15) is 0 Å². The van der Waals surface area contributed by atoms with Crippen molar-refractivity contribution in [2.75, 3.05) is 25.5 Å². The van der Waals surface area contributed by atoms with Crippen molar-refractivity contribution in [2.45, 2.75) is 32.7 Å². The van der Waals surface area contributed by atoms with E-state index >= 15 is 0 Å². The normalized spacial score (nSPS) is 15.0. The van der Waals surface area contributed by atoms with E-state index in [-0.39, 0.29) is 23.9 Å². The van der Waals surface area contributed by atoms with Gasteiger partial charge in [0.15, 0.2) is 0 Å². The summed E-state index contributed by atoms with van der Waals surface area (Å²) in [5, 5.41) is 5.70. The molecule has 0 bridgehead atoms. The molecule has 2 N–H and O–H groups in total. The molecule has 0 unspecified atom stereocenters. The standard InChI is InChI=1S/C18H25N3O4/c1-12(2)19-18(24)21-9-7-13(8-10-21)16(22)20-15-6-4-5-14(11-15)17(23)25-3/h4-6,11-13H,7-10H2,1-3H3,(H,19,24)(H,20,22). The lowest BCUT2D eigenvalue weighted by Gasteiger charge is -2.32. The van der Waals surface area contributed by atoms with E-state index in [0.717, 1.165) is 0 Å². The van der Waals surface area contributed by atoms with Crippen LogP contribution in [0.2, 0.25) is 0 Å². The highest BCUT2D eigenvalue weighted by atomic mass is 16.5. The predicted molar refractivity (Wildman–Crippen MR) is 94.4 cm³/mol. The van der Waals surface area contributed by atoms with Crippen molar-refractivity contribution >= 4 is 23.6 Å². The van der Waals surface area contributed by atoms with Gasteiger partial charge in [-0.3, -0.25) is 4.79 Å². The van der Waals surface area contributed by atoms with Gasteiger partial charge in [-0.1, -0.05) is 6.07 Å². The first-order valence-electron chi connectivity index (χ1n) is 8.45. The molecule has 136 valence electrons. The van der Waals surface area contributed by atoms with Crippen LogP contribution in [0.15, 0.2) is 24.3 Å². The van der Waals surface area contributed by atoms with Crippen molar-refractivity contribution in [3.05, 3.63) is 29.8 Å². The first-order valence-corrected chi connectivity index (χ1v) is 8.45. The molecule has 1 fully saturated rings. The van der Waals surface area contributed by atoms with Crippen molar-refractivity contribution < 1.29 is 19.1 Å². The molecule has 0 atom stereocenters. The molecule has 1 heterocycles. The van der Waals surface area contributed by atoms with Gasteiger partial charge >= 0.3 is 12.0 Å². The predicted octanol–water partition coefficient (Wildman–Crippen LogP) is 2.24. The van der Waals surface area contributed by atoms with E-state index in [2.05, 4.69) is 15.4 Å². The number of carbonyl (C=O) groups is 3. The molecule has 0 aromatic heterocycles. The molecule has 0 aliphatic carbocycles. The van der Waals surface area contributed by atoms with E-state index in [4.69, 9.17) is 0 Å². The molecule has 3 amide bonds. The minimum atomic E-state index is -0.444. The van der Waals surface area contributed by atoms with Crippen molar-refractivity contribution in [3.8, 4) is 0 Å². The molecule has 1 saturated heterocycles. The van der Waals surface area contributed by atoms with Gasteiger partial charge in [-0.05, 0) is 44.9 Å². The van der Waals surface area contributed by atoms with Gasteiger partial charge < -0.3 is 20.3 Å². The zero-order valence-electron chi connectivity index (χ0n) is 14.9. The molecule has 0 radical (unpaired) electrons. The fraction of sp³-hybridized carbons (Fsp3) is 0.500. The van der Waals surface area contributed by atoms with Crippen LogP contribution in [-0.4, -0.2) is 49.0 Å². The Hall–Kier alpha value is -2.57. The minimum Gasteiger partial charge on any atom is -0.465 e. The number of hydrogen-bond donors (Lipinski definition) is 2. The summed E-state index contributed by atoms with van der Waals surface area (Å²) in [5.41, 5.74) is 0.952. The number of methoxy groups -OCH3 is 1. The minimum absolute atomic E-state index is 0.0837. The van der Waals surface area contributed by atoms with Crippen molar-refractivity contribution in [1.82, 2.24) is 10.2 Å². The van der Waals surface area contributed by atoms with Crippen molar-refractivity contribution in [1.29, 1.82) is 0 Å². The van der Waals surface area contributed by atoms with Crippen LogP contribution >= 0.6 is 0 Å². The number of ether oxygens (including phenoxy) is 1. The number of nitrogens with one attached hydrogen (secondary N) is 2. The van der Waals surface area contributed by atoms with E-state index in [9.17, 15) is 14.4 Å². The largest absolute Gasteiger partial charge is 0.465 e. The second-order valence-corrected chi connectivity index (χ2v) is 6.43. The highest BCUT2D eigenvalue weighted by Crippen LogP contribution is 2.20. The number of likely N-dealkylation sites (tertiary alicyclic amines) is 1. The summed E-state index contributed by atoms with van der Waals surface area (Å²) >= 11 is 0. The lowest BCUT2D eigenvalue weighted by atomic mass is 9.96. The van der Waals surface area contributed by atoms with Gasteiger partial charge in [0, 0.05) is 30.7 Å². The fourth-order valence-corrected chi connectivity index (χ4v) is 2.77. The SMILES string of the molecule is COC(=O)c1cccc(NC(=O)C2CCN(C(=O)NC(C)C)CC2)c1. The second-order valence-electron chi connectivity index (χ2n) is 6.43. The Bertz CT molecular complexity index is 637. The number of benzene rings is 1. The number of esters is 1. The molecule has 1 aliphatic rings. The summed E-state index contributed by atoms with van der Waals surface area (Å²) in [7, 11) is 1.32. The van der Waals surface area contributed by atoms with E-state index in [1.165, 1.54) is 7.11 Å². The number of nitrogens with zero attached hydrogens (tertiary/aromatic N) is 1. The summed E-state index contributed by atoms with van der Waals surface area (Å²) in [6.45, 7) is 4.94. The van der Waals surface area contributed by atoms with Gasteiger partial charge in [-0.15, -0.1) is 0 Å². The number of urea groups is 1. The van der Waals surface area contributed by atoms with Gasteiger partial charge in [-0.25, -0.2) is 9.59 Å². The Morgan fingerprint density at radius 1 is 1.20 bits per heavy atom. The zero-order valence-corrected chi connectivity index (χ0v) is 14.9. The van der Waals surface area contributed by atoms with Crippen LogP contribution in [0.5, 0.6) is 0 Å². The van der Waals surface area contributed by atoms with Crippen LogP contribution in [0, 0.1) is 5.92 Å². The Balaban J connectivity index is 1.89. The maximum Gasteiger partial charge on any atom is 0.337 e. The van der Waals surface area contributed by atoms with Crippen LogP contribution in [0.3, 0.4) is 0 Å². The number of carbonyl (C=O) groups excluding carboxylic acids is 3. The van der Waals surface area contributed by atoms with E-state index in [0.29, 0.717) is 37.2 Å². The molecule has 25 heavy (non-hydrogen) atoms. The Morgan fingerprint density at radius 2 is 1.88 bits per heavy atom. The van der Waals surface area contributed by atoms with E-state index < -0.39 is 5.97 Å². The Kier molecular flexibility index (Phi) is 6.38. The molecule has 0 spiro atoms. The summed E-state index contributed by atoms with van der Waals surface area (Å²) in [6, 6.07) is 6.66. The summed E-state index contributed by atoms with van der Waals surface area (Å²) in [4.78, 5) is 37.7. The third-order valence-electron chi connectivity index (χ3n) is 4.12. The van der Waals surface area contributed by atoms with Crippen LogP contribution in [-0.2, 0) is 9.53 Å². The van der Waals surface area contributed by atoms with Gasteiger partial charge in [-0.2, -0.15) is 0 Å². The van der Waals surface area contributed by atoms with Crippen LogP contribution < -0.4 is 10.6 Å². The topological polar surface area (TPSA) is 87.7 Å². The quantitative estimate of drug-likeness (QED) is 0.818. The van der Waals surface area contributed by atoms with Gasteiger partial charge in [0.25, 0.3) is 0 Å². The van der Waals surface area contributed by atoms with Crippen molar-refractivity contribution in [2.24, 2.45) is 5.92 Å². The maximum absolute atomic E-state index is 12.4. The lowest BCUT2D eigenvalue weighted by Crippen LogP contribution is -2.47. The van der Waals surface area contributed by atoms with Crippen LogP contribution in [0.4, 0.5) is 10.5 Å². The third kappa shape index (κ3) is 5.20. The first kappa shape index (κ1) is 18.8. The maximum atomic E-state index is 12.4. The number of hydrogen-bond acceptors (Lipinski definition) is 4. The average Bonchev–Trinajstić information content (AvgIpc) is 2.60. The summed E-state index contributed by atoms with van der Waals surface area (Å²) in [5.74, 6) is -0.684. The molecule has 7 heteroatoms. The third-order valence-corrected chi connectivity index (χ3v) is 4.12. The molecular formula is C18H25N3O4. The molecule has 2 rings (SSSR count). The van der Waals surface area contributed by atoms with E-state index in [1.807, 2.05) is 13.8 Å². The van der Waals surface area contributed by atoms with Crippen LogP contribution in [0.25, 0.3) is 0 Å². The number of piperidine rings is 1. The summed E-state index contributed by atoms with van der Waals surface area (Å²) in [6.07, 6.45) is 1.24. The monoisotopic (exact) mass is 347 g/mol. The molecular weight excluding hydrogens is 322 g/mol. The van der Waals surface area contributed by atoms with E-state index in [1.54, 1.807) is 29.2 Å². The average molecular weight is 347 g/mol. The first-order chi connectivity index (χ1) is 11.9. The Morgan fingerprint density at radius 3 is 2.48 bits per heavy atom. The molecule has 1 aliphatic heterocycles. The fourth-order valence-electron chi connectivity index (χ4n) is 2.77. The van der Waals surface area contributed by atoms with Gasteiger partial charge in [0.2, 0.25) is 5.91 Å². The number of anilines is 1. The lowest BCUT2D eigenvalue weighted by molar-refractivity contribution is -0.121. The van der Waals surface area contributed by atoms with Crippen molar-refractivity contribution in [3.63, 3.8) is 0 Å². The molecule has 0 saturated carbocycles. The smallest absolute Gasteiger partial charge is 0.337 e.